The number of alkyl halides is 4. The summed E-state index contributed by atoms with van der Waals surface area (Å²) in [6.07, 6.45) is -5.16. The standard InChI is InChI=1S/C16H10ClF3N2O5.C2H6/c17-5-8-6-21(15(25)16(18,19)20)12-4-11(22(26)27)10-3-7(14(23)24)1-2-9(10)13(8)12;1-2/h1-4,8H,5-6H2,(H,23,24);1-2H3. The molecule has 0 aliphatic carbocycles. The molecule has 0 saturated heterocycles. The van der Waals surface area contributed by atoms with Gasteiger partial charge in [0.2, 0.25) is 0 Å². The second-order valence-corrected chi connectivity index (χ2v) is 6.22. The van der Waals surface area contributed by atoms with E-state index in [-0.39, 0.29) is 40.0 Å². The average Bonchev–Trinajstić information content (AvgIpc) is 3.05. The molecule has 1 unspecified atom stereocenters. The van der Waals surface area contributed by atoms with E-state index in [9.17, 15) is 32.9 Å². The average molecular weight is 433 g/mol. The molecule has 1 N–H and O–H groups in total. The zero-order valence-corrected chi connectivity index (χ0v) is 16.0. The molecule has 0 bridgehead atoms. The highest BCUT2D eigenvalue weighted by atomic mass is 35.5. The number of rotatable bonds is 3. The Bertz CT molecular complexity index is 994. The van der Waals surface area contributed by atoms with Gasteiger partial charge in [-0.3, -0.25) is 14.9 Å². The Labute approximate surface area is 167 Å². The van der Waals surface area contributed by atoms with Crippen molar-refractivity contribution in [3.05, 3.63) is 45.5 Å². The highest BCUT2D eigenvalue weighted by Gasteiger charge is 2.47. The van der Waals surface area contributed by atoms with Crippen molar-refractivity contribution in [2.75, 3.05) is 17.3 Å². The quantitative estimate of drug-likeness (QED) is 0.430. The number of hydrogen-bond acceptors (Lipinski definition) is 4. The van der Waals surface area contributed by atoms with E-state index in [0.29, 0.717) is 4.90 Å². The molecule has 2 aromatic rings. The summed E-state index contributed by atoms with van der Waals surface area (Å²) in [5.41, 5.74) is -0.804. The Kier molecular flexibility index (Phi) is 6.37. The maximum atomic E-state index is 12.9. The van der Waals surface area contributed by atoms with Crippen LogP contribution in [0.2, 0.25) is 0 Å². The minimum atomic E-state index is -5.16. The number of non-ortho nitro benzene ring substituents is 1. The molecule has 0 saturated carbocycles. The minimum Gasteiger partial charge on any atom is -0.478 e. The number of carboxylic acid groups (broad SMARTS) is 1. The normalized spacial score (nSPS) is 15.5. The molecule has 156 valence electrons. The van der Waals surface area contributed by atoms with Crippen LogP contribution in [0, 0.1) is 10.1 Å². The topological polar surface area (TPSA) is 101 Å². The molecule has 1 heterocycles. The van der Waals surface area contributed by atoms with Gasteiger partial charge in [0.05, 0.1) is 21.6 Å². The van der Waals surface area contributed by atoms with Gasteiger partial charge < -0.3 is 10.0 Å². The molecule has 1 amide bonds. The first-order valence-electron chi connectivity index (χ1n) is 8.49. The van der Waals surface area contributed by atoms with Gasteiger partial charge in [-0.05, 0) is 23.1 Å². The molecule has 7 nitrogen and oxygen atoms in total. The lowest BCUT2D eigenvalue weighted by atomic mass is 9.94. The number of halogens is 4. The molecule has 0 aromatic heterocycles. The van der Waals surface area contributed by atoms with Crippen LogP contribution in [0.1, 0.15) is 35.7 Å². The van der Waals surface area contributed by atoms with Gasteiger partial charge in [-0.15, -0.1) is 11.6 Å². The van der Waals surface area contributed by atoms with E-state index >= 15 is 0 Å². The molecule has 0 fully saturated rings. The number of fused-ring (bicyclic) bond motifs is 3. The van der Waals surface area contributed by atoms with Crippen molar-refractivity contribution in [1.82, 2.24) is 0 Å². The summed E-state index contributed by atoms with van der Waals surface area (Å²) in [5, 5.41) is 20.7. The Morgan fingerprint density at radius 2 is 1.90 bits per heavy atom. The van der Waals surface area contributed by atoms with Gasteiger partial charge >= 0.3 is 18.1 Å². The van der Waals surface area contributed by atoms with Crippen LogP contribution in [0.4, 0.5) is 24.5 Å². The van der Waals surface area contributed by atoms with E-state index in [0.717, 1.165) is 12.1 Å². The third-order valence-electron chi connectivity index (χ3n) is 4.35. The number of benzene rings is 2. The van der Waals surface area contributed by atoms with Crippen LogP contribution in [0.3, 0.4) is 0 Å². The number of hydrogen-bond donors (Lipinski definition) is 1. The molecule has 11 heteroatoms. The van der Waals surface area contributed by atoms with Crippen LogP contribution in [-0.2, 0) is 4.79 Å². The van der Waals surface area contributed by atoms with Gasteiger partial charge in [-0.2, -0.15) is 13.2 Å². The maximum absolute atomic E-state index is 12.9. The largest absolute Gasteiger partial charge is 0.478 e. The zero-order chi connectivity index (χ0) is 22.1. The van der Waals surface area contributed by atoms with Crippen LogP contribution < -0.4 is 4.90 Å². The van der Waals surface area contributed by atoms with Crippen molar-refractivity contribution >= 4 is 45.6 Å². The van der Waals surface area contributed by atoms with Gasteiger partial charge in [0, 0.05) is 24.4 Å². The fraction of sp³-hybridized carbons (Fsp3) is 0.333. The number of nitro groups is 1. The molecular formula is C18H16ClF3N2O5. The summed E-state index contributed by atoms with van der Waals surface area (Å²) in [5.74, 6) is -4.27. The van der Waals surface area contributed by atoms with Crippen molar-refractivity contribution in [2.45, 2.75) is 25.9 Å². The van der Waals surface area contributed by atoms with Gasteiger partial charge in [0.15, 0.2) is 0 Å². The summed E-state index contributed by atoms with van der Waals surface area (Å²) < 4.78 is 38.8. The van der Waals surface area contributed by atoms with Crippen LogP contribution in [0.15, 0.2) is 24.3 Å². The van der Waals surface area contributed by atoms with Crippen LogP contribution in [0.25, 0.3) is 10.8 Å². The van der Waals surface area contributed by atoms with E-state index < -0.39 is 34.6 Å². The molecule has 1 aliphatic heterocycles. The predicted octanol–water partition coefficient (Wildman–Crippen LogP) is 4.70. The number of nitrogens with zero attached hydrogens (tertiary/aromatic N) is 2. The fourth-order valence-corrected chi connectivity index (χ4v) is 3.48. The number of amides is 1. The molecule has 0 radical (unpaired) electrons. The Morgan fingerprint density at radius 3 is 2.38 bits per heavy atom. The van der Waals surface area contributed by atoms with E-state index in [1.54, 1.807) is 0 Å². The van der Waals surface area contributed by atoms with E-state index in [1.807, 2.05) is 13.8 Å². The lowest BCUT2D eigenvalue weighted by Crippen LogP contribution is -2.40. The lowest BCUT2D eigenvalue weighted by molar-refractivity contribution is -0.383. The summed E-state index contributed by atoms with van der Waals surface area (Å²) in [6, 6.07) is 4.41. The molecule has 2 aromatic carbocycles. The van der Waals surface area contributed by atoms with E-state index in [1.165, 1.54) is 12.1 Å². The Balaban J connectivity index is 0.00000145. The van der Waals surface area contributed by atoms with Crippen molar-refractivity contribution in [3.63, 3.8) is 0 Å². The molecule has 29 heavy (non-hydrogen) atoms. The van der Waals surface area contributed by atoms with Crippen molar-refractivity contribution in [2.24, 2.45) is 0 Å². The third-order valence-corrected chi connectivity index (χ3v) is 4.73. The number of aromatic carboxylic acids is 1. The van der Waals surface area contributed by atoms with E-state index in [4.69, 9.17) is 16.7 Å². The van der Waals surface area contributed by atoms with Crippen LogP contribution in [0.5, 0.6) is 0 Å². The number of anilines is 1. The highest BCUT2D eigenvalue weighted by Crippen LogP contribution is 2.46. The Morgan fingerprint density at radius 1 is 1.28 bits per heavy atom. The zero-order valence-electron chi connectivity index (χ0n) is 15.3. The van der Waals surface area contributed by atoms with Crippen molar-refractivity contribution < 1.29 is 32.8 Å². The first-order valence-corrected chi connectivity index (χ1v) is 9.02. The predicted molar refractivity (Wildman–Crippen MR) is 101 cm³/mol. The summed E-state index contributed by atoms with van der Waals surface area (Å²) in [7, 11) is 0. The van der Waals surface area contributed by atoms with E-state index in [2.05, 4.69) is 0 Å². The molecule has 0 spiro atoms. The third kappa shape index (κ3) is 3.98. The molecule has 1 aliphatic rings. The summed E-state index contributed by atoms with van der Waals surface area (Å²) in [6.45, 7) is 3.62. The highest BCUT2D eigenvalue weighted by molar-refractivity contribution is 6.19. The number of carbonyl (C=O) groups is 2. The number of carbonyl (C=O) groups excluding carboxylic acids is 1. The summed E-state index contributed by atoms with van der Waals surface area (Å²) >= 11 is 5.86. The fourth-order valence-electron chi connectivity index (χ4n) is 3.23. The molecule has 1 atom stereocenters. The lowest BCUT2D eigenvalue weighted by Gasteiger charge is -2.19. The minimum absolute atomic E-state index is 0.0462. The van der Waals surface area contributed by atoms with Gasteiger partial charge in [0.25, 0.3) is 5.69 Å². The van der Waals surface area contributed by atoms with Crippen LogP contribution in [-0.4, -0.2) is 40.5 Å². The maximum Gasteiger partial charge on any atom is 0.471 e. The van der Waals surface area contributed by atoms with Crippen molar-refractivity contribution in [1.29, 1.82) is 0 Å². The van der Waals surface area contributed by atoms with Crippen LogP contribution >= 0.6 is 11.6 Å². The molecular weight excluding hydrogens is 417 g/mol. The Hall–Kier alpha value is -2.88. The smallest absolute Gasteiger partial charge is 0.471 e. The molecule has 3 rings (SSSR count). The van der Waals surface area contributed by atoms with Crippen molar-refractivity contribution in [3.8, 4) is 0 Å². The van der Waals surface area contributed by atoms with Gasteiger partial charge in [-0.1, -0.05) is 19.9 Å². The van der Waals surface area contributed by atoms with Gasteiger partial charge in [-0.25, -0.2) is 4.79 Å². The number of nitro benzene ring substituents is 1. The number of carboxylic acids is 1. The SMILES string of the molecule is CC.O=C(O)c1ccc2c3c(cc([N+](=O)[O-])c2c1)N(C(=O)C(F)(F)F)CC3CCl. The first-order chi connectivity index (χ1) is 13.6. The first kappa shape index (κ1) is 22.4. The monoisotopic (exact) mass is 432 g/mol. The van der Waals surface area contributed by atoms with Gasteiger partial charge in [0.1, 0.15) is 0 Å². The summed E-state index contributed by atoms with van der Waals surface area (Å²) in [4.78, 5) is 33.9. The second-order valence-electron chi connectivity index (χ2n) is 5.92. The second kappa shape index (κ2) is 8.24.